The molecule has 1 aliphatic rings. The first-order valence-corrected chi connectivity index (χ1v) is 7.97. The van der Waals surface area contributed by atoms with Crippen LogP contribution in [0.3, 0.4) is 0 Å². The number of nitrogens with two attached hydrogens (primary N) is 1. The molecule has 106 valence electrons. The molecular weight excluding hydrogens is 270 g/mol. The lowest BCUT2D eigenvalue weighted by Crippen LogP contribution is -2.20. The number of rotatable bonds is 6. The largest absolute Gasteiger partial charge is 0.370 e. The van der Waals surface area contributed by atoms with E-state index in [1.54, 1.807) is 0 Å². The summed E-state index contributed by atoms with van der Waals surface area (Å²) >= 11 is 0. The Morgan fingerprint density at radius 2 is 1.90 bits per heavy atom. The number of carbonyl (C=O) groups is 1. The van der Waals surface area contributed by atoms with Crippen molar-refractivity contribution in [2.24, 2.45) is 11.7 Å². The van der Waals surface area contributed by atoms with E-state index in [0.29, 0.717) is 5.75 Å². The highest BCUT2D eigenvalue weighted by Gasteiger charge is 2.40. The van der Waals surface area contributed by atoms with Gasteiger partial charge in [0.05, 0.1) is 5.25 Å². The van der Waals surface area contributed by atoms with Crippen molar-refractivity contribution in [3.05, 3.63) is 60.7 Å². The molecule has 0 aliphatic heterocycles. The van der Waals surface area contributed by atoms with Gasteiger partial charge in [0.25, 0.3) is 0 Å². The third-order valence-electron chi connectivity index (χ3n) is 3.78. The molecule has 0 heterocycles. The number of hydrogen-bond donors (Lipinski definition) is 1. The fourth-order valence-corrected chi connectivity index (χ4v) is 4.66. The minimum atomic E-state index is -1.15. The molecule has 2 N–H and O–H groups in total. The zero-order valence-corrected chi connectivity index (χ0v) is 12.1. The number of hydrogen-bond acceptors (Lipinski definition) is 2. The molecule has 1 aliphatic carbocycles. The van der Waals surface area contributed by atoms with E-state index in [0.717, 1.165) is 11.1 Å². The standard InChI is InChI=1S/C16H19NO2S/c1-3-11-12(4-2)16(20(19)10-9-15(17)18)14-8-6-5-7-13(11)14/h3-8,11-12,16H,1-2,9-10H2,(H2,17,18). The lowest BCUT2D eigenvalue weighted by molar-refractivity contribution is -0.117. The van der Waals surface area contributed by atoms with Crippen LogP contribution in [-0.2, 0) is 15.6 Å². The highest BCUT2D eigenvalue weighted by atomic mass is 32.2. The summed E-state index contributed by atoms with van der Waals surface area (Å²) in [6.07, 6.45) is 3.88. The van der Waals surface area contributed by atoms with Crippen LogP contribution in [0.4, 0.5) is 0 Å². The van der Waals surface area contributed by atoms with E-state index in [4.69, 9.17) is 5.73 Å². The number of amides is 1. The van der Waals surface area contributed by atoms with Crippen molar-refractivity contribution in [1.82, 2.24) is 0 Å². The summed E-state index contributed by atoms with van der Waals surface area (Å²) in [4.78, 5) is 10.9. The molecule has 2 rings (SSSR count). The average Bonchev–Trinajstić information content (AvgIpc) is 2.78. The molecule has 1 aromatic rings. The second-order valence-corrected chi connectivity index (χ2v) is 6.60. The molecule has 1 amide bonds. The lowest BCUT2D eigenvalue weighted by atomic mass is 9.93. The number of benzene rings is 1. The van der Waals surface area contributed by atoms with Gasteiger partial charge in [-0.05, 0) is 11.1 Å². The minimum absolute atomic E-state index is 0.0543. The predicted octanol–water partition coefficient (Wildman–Crippen LogP) is 2.44. The van der Waals surface area contributed by atoms with Crippen LogP contribution in [0.5, 0.6) is 0 Å². The summed E-state index contributed by atoms with van der Waals surface area (Å²) in [5, 5.41) is -0.133. The molecular formula is C16H19NO2S. The summed E-state index contributed by atoms with van der Waals surface area (Å²) in [7, 11) is -1.15. The summed E-state index contributed by atoms with van der Waals surface area (Å²) in [6.45, 7) is 7.76. The van der Waals surface area contributed by atoms with Gasteiger partial charge in [-0.25, -0.2) is 0 Å². The summed E-state index contributed by atoms with van der Waals surface area (Å²) in [5.41, 5.74) is 7.38. The molecule has 4 atom stereocenters. The Morgan fingerprint density at radius 1 is 1.25 bits per heavy atom. The van der Waals surface area contributed by atoms with Gasteiger partial charge in [0.15, 0.2) is 0 Å². The summed E-state index contributed by atoms with van der Waals surface area (Å²) < 4.78 is 12.6. The summed E-state index contributed by atoms with van der Waals surface area (Å²) in [5.74, 6) is 0.0626. The smallest absolute Gasteiger partial charge is 0.218 e. The van der Waals surface area contributed by atoms with E-state index in [1.807, 2.05) is 36.4 Å². The molecule has 1 aromatic carbocycles. The Kier molecular flexibility index (Phi) is 4.55. The Hall–Kier alpha value is -1.68. The van der Waals surface area contributed by atoms with Gasteiger partial charge in [-0.3, -0.25) is 9.00 Å². The Morgan fingerprint density at radius 3 is 2.45 bits per heavy atom. The van der Waals surface area contributed by atoms with E-state index < -0.39 is 16.7 Å². The molecule has 0 fully saturated rings. The van der Waals surface area contributed by atoms with Gasteiger partial charge in [0.1, 0.15) is 0 Å². The predicted molar refractivity (Wildman–Crippen MR) is 82.6 cm³/mol. The van der Waals surface area contributed by atoms with Crippen molar-refractivity contribution in [1.29, 1.82) is 0 Å². The number of carbonyl (C=O) groups excluding carboxylic acids is 1. The first-order chi connectivity index (χ1) is 9.60. The fourth-order valence-electron chi connectivity index (χ4n) is 2.88. The molecule has 0 spiro atoms. The molecule has 0 bridgehead atoms. The molecule has 0 saturated heterocycles. The van der Waals surface area contributed by atoms with Crippen molar-refractivity contribution in [2.45, 2.75) is 17.6 Å². The van der Waals surface area contributed by atoms with Crippen molar-refractivity contribution >= 4 is 16.7 Å². The first-order valence-electron chi connectivity index (χ1n) is 6.59. The van der Waals surface area contributed by atoms with Crippen LogP contribution in [0.1, 0.15) is 28.7 Å². The Balaban J connectivity index is 2.35. The van der Waals surface area contributed by atoms with Crippen LogP contribution < -0.4 is 5.73 Å². The molecule has 0 aromatic heterocycles. The number of fused-ring (bicyclic) bond motifs is 1. The summed E-state index contributed by atoms with van der Waals surface area (Å²) in [6, 6.07) is 7.97. The maximum atomic E-state index is 12.6. The zero-order valence-electron chi connectivity index (χ0n) is 11.3. The monoisotopic (exact) mass is 289 g/mol. The van der Waals surface area contributed by atoms with Crippen LogP contribution in [-0.4, -0.2) is 15.9 Å². The molecule has 3 nitrogen and oxygen atoms in total. The maximum Gasteiger partial charge on any atom is 0.218 e. The van der Waals surface area contributed by atoms with E-state index in [2.05, 4.69) is 13.2 Å². The van der Waals surface area contributed by atoms with Crippen molar-refractivity contribution in [3.63, 3.8) is 0 Å². The molecule has 0 radical (unpaired) electrons. The Labute approximate surface area is 122 Å². The third kappa shape index (κ3) is 2.61. The van der Waals surface area contributed by atoms with Gasteiger partial charge in [-0.1, -0.05) is 36.4 Å². The molecule has 0 saturated carbocycles. The van der Waals surface area contributed by atoms with Crippen LogP contribution in [0, 0.1) is 5.92 Å². The van der Waals surface area contributed by atoms with Crippen molar-refractivity contribution < 1.29 is 9.00 Å². The second-order valence-electron chi connectivity index (χ2n) is 4.93. The topological polar surface area (TPSA) is 60.2 Å². The van der Waals surface area contributed by atoms with Gasteiger partial charge in [-0.15, -0.1) is 13.2 Å². The van der Waals surface area contributed by atoms with Gasteiger partial charge in [0, 0.05) is 34.8 Å². The van der Waals surface area contributed by atoms with Crippen LogP contribution in [0.15, 0.2) is 49.6 Å². The normalized spacial score (nSPS) is 25.7. The van der Waals surface area contributed by atoms with Crippen molar-refractivity contribution in [3.8, 4) is 0 Å². The quantitative estimate of drug-likeness (QED) is 0.818. The third-order valence-corrected chi connectivity index (χ3v) is 5.53. The Bertz CT molecular complexity index is 567. The average molecular weight is 289 g/mol. The highest BCUT2D eigenvalue weighted by molar-refractivity contribution is 7.85. The molecule has 4 unspecified atom stereocenters. The van der Waals surface area contributed by atoms with Gasteiger partial charge in [-0.2, -0.15) is 0 Å². The fraction of sp³-hybridized carbons (Fsp3) is 0.312. The van der Waals surface area contributed by atoms with Gasteiger partial charge >= 0.3 is 0 Å². The van der Waals surface area contributed by atoms with Crippen LogP contribution in [0.25, 0.3) is 0 Å². The molecule has 4 heteroatoms. The van der Waals surface area contributed by atoms with E-state index >= 15 is 0 Å². The zero-order chi connectivity index (χ0) is 14.7. The van der Waals surface area contributed by atoms with Crippen LogP contribution in [0.2, 0.25) is 0 Å². The van der Waals surface area contributed by atoms with E-state index in [1.165, 1.54) is 0 Å². The van der Waals surface area contributed by atoms with Gasteiger partial charge < -0.3 is 5.73 Å². The van der Waals surface area contributed by atoms with E-state index in [9.17, 15) is 9.00 Å². The first kappa shape index (κ1) is 14.7. The number of primary amides is 1. The number of allylic oxidation sites excluding steroid dienone is 2. The minimum Gasteiger partial charge on any atom is -0.370 e. The lowest BCUT2D eigenvalue weighted by Gasteiger charge is -2.19. The SMILES string of the molecule is C=CC1c2ccccc2C(S(=O)CCC(N)=O)C1C=C. The molecule has 20 heavy (non-hydrogen) atoms. The highest BCUT2D eigenvalue weighted by Crippen LogP contribution is 2.49. The second kappa shape index (κ2) is 6.18. The van der Waals surface area contributed by atoms with Crippen molar-refractivity contribution in [2.75, 3.05) is 5.75 Å². The maximum absolute atomic E-state index is 12.6. The van der Waals surface area contributed by atoms with E-state index in [-0.39, 0.29) is 23.5 Å². The van der Waals surface area contributed by atoms with Gasteiger partial charge in [0.2, 0.25) is 5.91 Å². The van der Waals surface area contributed by atoms with Crippen LogP contribution >= 0.6 is 0 Å².